The van der Waals surface area contributed by atoms with E-state index < -0.39 is 6.10 Å². The molecule has 1 atom stereocenters. The number of rotatable bonds is 5. The van der Waals surface area contributed by atoms with Gasteiger partial charge < -0.3 is 5.11 Å². The fourth-order valence-corrected chi connectivity index (χ4v) is 3.90. The monoisotopic (exact) mass is 320 g/mol. The van der Waals surface area contributed by atoms with Gasteiger partial charge in [0.05, 0.1) is 12.3 Å². The van der Waals surface area contributed by atoms with E-state index in [0.29, 0.717) is 11.6 Å². The Morgan fingerprint density at radius 1 is 1.41 bits per heavy atom. The summed E-state index contributed by atoms with van der Waals surface area (Å²) in [4.78, 5) is 4.05. The molecule has 1 fully saturated rings. The van der Waals surface area contributed by atoms with Crippen LogP contribution in [0.1, 0.15) is 42.0 Å². The van der Waals surface area contributed by atoms with Crippen LogP contribution in [0.5, 0.6) is 0 Å². The Kier molecular flexibility index (Phi) is 4.90. The normalized spacial score (nSPS) is 18.7. The summed E-state index contributed by atoms with van der Waals surface area (Å²) >= 11 is 1.86. The lowest BCUT2D eigenvalue weighted by Gasteiger charge is -2.31. The summed E-state index contributed by atoms with van der Waals surface area (Å²) < 4.78 is 1.88. The fraction of sp³-hybridized carbons (Fsp3) is 0.625. The first-order valence-electron chi connectivity index (χ1n) is 7.95. The van der Waals surface area contributed by atoms with Crippen molar-refractivity contribution < 1.29 is 5.11 Å². The van der Waals surface area contributed by atoms with E-state index in [0.717, 1.165) is 26.2 Å². The molecule has 0 amide bonds. The molecule has 22 heavy (non-hydrogen) atoms. The molecule has 1 aliphatic rings. The highest BCUT2D eigenvalue weighted by Gasteiger charge is 2.21. The molecule has 3 rings (SSSR count). The summed E-state index contributed by atoms with van der Waals surface area (Å²) in [5.74, 6) is 0.657. The summed E-state index contributed by atoms with van der Waals surface area (Å²) in [6.07, 6.45) is 3.74. The largest absolute Gasteiger partial charge is 0.387 e. The minimum absolute atomic E-state index is 0.537. The molecule has 1 aliphatic heterocycles. The van der Waals surface area contributed by atoms with Gasteiger partial charge in [0, 0.05) is 18.0 Å². The van der Waals surface area contributed by atoms with Crippen molar-refractivity contribution >= 4 is 11.3 Å². The fourth-order valence-electron chi connectivity index (χ4n) is 2.95. The first kappa shape index (κ1) is 15.6. The number of nitrogens with zero attached hydrogens (tertiary/aromatic N) is 4. The Morgan fingerprint density at radius 2 is 2.18 bits per heavy atom. The lowest BCUT2D eigenvalue weighted by atomic mass is 9.97. The van der Waals surface area contributed by atoms with Gasteiger partial charge in [-0.15, -0.1) is 16.4 Å². The molecule has 1 N–H and O–H groups in total. The number of piperidine rings is 1. The van der Waals surface area contributed by atoms with Crippen LogP contribution in [0.4, 0.5) is 0 Å². The van der Waals surface area contributed by atoms with Crippen LogP contribution in [0.15, 0.2) is 17.6 Å². The number of hydrogen-bond acceptors (Lipinski definition) is 5. The molecule has 6 heteroatoms. The minimum Gasteiger partial charge on any atom is -0.387 e. The van der Waals surface area contributed by atoms with Crippen LogP contribution in [0.25, 0.3) is 0 Å². The Labute approximate surface area is 135 Å². The van der Waals surface area contributed by atoms with Crippen molar-refractivity contribution in [1.82, 2.24) is 19.9 Å². The number of aryl methyl sites for hydroxylation is 1. The molecule has 2 aromatic heterocycles. The molecule has 0 aromatic carbocycles. The second-order valence-electron chi connectivity index (χ2n) is 6.29. The summed E-state index contributed by atoms with van der Waals surface area (Å²) in [6.45, 7) is 8.22. The molecule has 120 valence electrons. The van der Waals surface area contributed by atoms with Crippen molar-refractivity contribution in [2.24, 2.45) is 5.92 Å². The highest BCUT2D eigenvalue weighted by molar-refractivity contribution is 7.10. The lowest BCUT2D eigenvalue weighted by molar-refractivity contribution is 0.165. The number of thiophene rings is 1. The second-order valence-corrected chi connectivity index (χ2v) is 7.29. The molecule has 1 saturated heterocycles. The van der Waals surface area contributed by atoms with Crippen molar-refractivity contribution in [1.29, 1.82) is 0 Å². The maximum Gasteiger partial charge on any atom is 0.111 e. The van der Waals surface area contributed by atoms with Crippen LogP contribution in [-0.4, -0.2) is 38.1 Å². The van der Waals surface area contributed by atoms with E-state index in [1.807, 2.05) is 22.2 Å². The molecule has 1 unspecified atom stereocenters. The first-order chi connectivity index (χ1) is 10.6. The van der Waals surface area contributed by atoms with Crippen molar-refractivity contribution in [2.75, 3.05) is 13.1 Å². The van der Waals surface area contributed by atoms with E-state index in [2.05, 4.69) is 33.6 Å². The molecule has 5 nitrogen and oxygen atoms in total. The first-order valence-corrected chi connectivity index (χ1v) is 8.83. The molecule has 0 saturated carbocycles. The number of aliphatic hydroxyl groups is 1. The van der Waals surface area contributed by atoms with Gasteiger partial charge in [-0.25, -0.2) is 0 Å². The third-order valence-corrected chi connectivity index (χ3v) is 5.48. The van der Waals surface area contributed by atoms with Gasteiger partial charge in [-0.1, -0.05) is 5.21 Å². The van der Waals surface area contributed by atoms with Gasteiger partial charge in [-0.2, -0.15) is 0 Å². The van der Waals surface area contributed by atoms with Crippen LogP contribution >= 0.6 is 11.3 Å². The topological polar surface area (TPSA) is 54.2 Å². The quantitative estimate of drug-likeness (QED) is 0.920. The van der Waals surface area contributed by atoms with Crippen LogP contribution in [0, 0.1) is 12.8 Å². The smallest absolute Gasteiger partial charge is 0.111 e. The SMILES string of the molecule is Cc1ccsc1CN1CCC(Cn2cc(C(C)O)nn2)CC1. The number of likely N-dealkylation sites (tertiary alicyclic amines) is 1. The van der Waals surface area contributed by atoms with Gasteiger partial charge in [-0.3, -0.25) is 9.58 Å². The number of aliphatic hydroxyl groups excluding tert-OH is 1. The zero-order chi connectivity index (χ0) is 15.5. The molecule has 0 aliphatic carbocycles. The van der Waals surface area contributed by atoms with Gasteiger partial charge in [0.2, 0.25) is 0 Å². The van der Waals surface area contributed by atoms with Crippen molar-refractivity contribution in [3.8, 4) is 0 Å². The van der Waals surface area contributed by atoms with Gasteiger partial charge in [0.1, 0.15) is 5.69 Å². The highest BCUT2D eigenvalue weighted by atomic mass is 32.1. The van der Waals surface area contributed by atoms with Gasteiger partial charge in [-0.05, 0) is 62.7 Å². The molecular weight excluding hydrogens is 296 g/mol. The van der Waals surface area contributed by atoms with Crippen LogP contribution in [0.2, 0.25) is 0 Å². The summed E-state index contributed by atoms with van der Waals surface area (Å²) in [5.41, 5.74) is 2.07. The van der Waals surface area contributed by atoms with E-state index >= 15 is 0 Å². The van der Waals surface area contributed by atoms with E-state index in [1.54, 1.807) is 6.92 Å². The van der Waals surface area contributed by atoms with Crippen LogP contribution in [0.3, 0.4) is 0 Å². The van der Waals surface area contributed by atoms with E-state index in [4.69, 9.17) is 0 Å². The highest BCUT2D eigenvalue weighted by Crippen LogP contribution is 2.23. The third kappa shape index (κ3) is 3.74. The van der Waals surface area contributed by atoms with Gasteiger partial charge >= 0.3 is 0 Å². The molecule has 3 heterocycles. The van der Waals surface area contributed by atoms with Gasteiger partial charge in [0.25, 0.3) is 0 Å². The average molecular weight is 320 g/mol. The Balaban J connectivity index is 1.48. The minimum atomic E-state index is -0.537. The molecule has 2 aromatic rings. The number of hydrogen-bond donors (Lipinski definition) is 1. The third-order valence-electron chi connectivity index (χ3n) is 4.47. The lowest BCUT2D eigenvalue weighted by Crippen LogP contribution is -2.34. The summed E-state index contributed by atoms with van der Waals surface area (Å²) in [6, 6.07) is 2.21. The predicted molar refractivity (Wildman–Crippen MR) is 87.7 cm³/mol. The van der Waals surface area contributed by atoms with E-state index in [-0.39, 0.29) is 0 Å². The summed E-state index contributed by atoms with van der Waals surface area (Å²) in [7, 11) is 0. The Hall–Kier alpha value is -1.24. The van der Waals surface area contributed by atoms with Crippen molar-refractivity contribution in [2.45, 2.75) is 45.9 Å². The second kappa shape index (κ2) is 6.89. The molecule has 0 radical (unpaired) electrons. The predicted octanol–water partition coefficient (Wildman–Crippen LogP) is 2.61. The van der Waals surface area contributed by atoms with Crippen LogP contribution < -0.4 is 0 Å². The Morgan fingerprint density at radius 3 is 2.77 bits per heavy atom. The van der Waals surface area contributed by atoms with Gasteiger partial charge in [0.15, 0.2) is 0 Å². The molecule has 0 bridgehead atoms. The van der Waals surface area contributed by atoms with Crippen LogP contribution in [-0.2, 0) is 13.1 Å². The molecular formula is C16H24N4OS. The Bertz CT molecular complexity index is 599. The average Bonchev–Trinajstić information content (AvgIpc) is 3.11. The van der Waals surface area contributed by atoms with E-state index in [1.165, 1.54) is 23.3 Å². The number of aromatic nitrogens is 3. The maximum absolute atomic E-state index is 9.50. The standard InChI is InChI=1S/C16H24N4OS/c1-12-5-8-22-16(12)11-19-6-3-14(4-7-19)9-20-10-15(13(2)21)17-18-20/h5,8,10,13-14,21H,3-4,6-7,9,11H2,1-2H3. The molecule has 0 spiro atoms. The van der Waals surface area contributed by atoms with Crippen molar-refractivity contribution in [3.05, 3.63) is 33.8 Å². The van der Waals surface area contributed by atoms with Crippen molar-refractivity contribution in [3.63, 3.8) is 0 Å². The zero-order valence-electron chi connectivity index (χ0n) is 13.3. The maximum atomic E-state index is 9.50. The van der Waals surface area contributed by atoms with E-state index in [9.17, 15) is 5.11 Å². The summed E-state index contributed by atoms with van der Waals surface area (Å²) in [5, 5.41) is 19.8. The zero-order valence-corrected chi connectivity index (χ0v) is 14.1.